The number of benzene rings is 1. The standard InChI is InChI=1S/C21H19FN4O4S2/c1-2-9-25-20(28)18-13-5-3-4-6-16(13)32-19(18)24-21(25)31-11-17(27)23-14-8-7-12(22)10-15(14)26(29)30/h2,7-8,10H,1,3-6,9,11H2,(H,23,27). The Balaban J connectivity index is 1.60. The van der Waals surface area contributed by atoms with Crippen LogP contribution in [0.15, 0.2) is 40.8 Å². The summed E-state index contributed by atoms with van der Waals surface area (Å²) < 4.78 is 14.8. The number of nitrogens with zero attached hydrogens (tertiary/aromatic N) is 3. The Hall–Kier alpha value is -3.05. The van der Waals surface area contributed by atoms with Crippen LogP contribution in [-0.2, 0) is 24.2 Å². The molecule has 2 aromatic heterocycles. The van der Waals surface area contributed by atoms with Crippen LogP contribution in [0.1, 0.15) is 23.3 Å². The highest BCUT2D eigenvalue weighted by molar-refractivity contribution is 7.99. The van der Waals surface area contributed by atoms with Gasteiger partial charge in [0.25, 0.3) is 11.2 Å². The Morgan fingerprint density at radius 1 is 1.41 bits per heavy atom. The predicted molar refractivity (Wildman–Crippen MR) is 123 cm³/mol. The Labute approximate surface area is 190 Å². The van der Waals surface area contributed by atoms with Gasteiger partial charge in [0.2, 0.25) is 5.91 Å². The lowest BCUT2D eigenvalue weighted by atomic mass is 9.97. The molecule has 1 aromatic carbocycles. The van der Waals surface area contributed by atoms with E-state index in [-0.39, 0.29) is 23.5 Å². The topological polar surface area (TPSA) is 107 Å². The van der Waals surface area contributed by atoms with Crippen molar-refractivity contribution >= 4 is 50.6 Å². The van der Waals surface area contributed by atoms with E-state index in [2.05, 4.69) is 16.9 Å². The number of thioether (sulfide) groups is 1. The van der Waals surface area contributed by atoms with Gasteiger partial charge < -0.3 is 5.32 Å². The fraction of sp³-hybridized carbons (Fsp3) is 0.286. The highest BCUT2D eigenvalue weighted by Crippen LogP contribution is 2.34. The zero-order valence-corrected chi connectivity index (χ0v) is 18.6. The average molecular weight is 475 g/mol. The second kappa shape index (κ2) is 9.21. The normalized spacial score (nSPS) is 13.0. The molecule has 1 aliphatic carbocycles. The van der Waals surface area contributed by atoms with Crippen LogP contribution in [0.25, 0.3) is 10.2 Å². The van der Waals surface area contributed by atoms with E-state index in [0.717, 1.165) is 61.2 Å². The van der Waals surface area contributed by atoms with Crippen molar-refractivity contribution < 1.29 is 14.1 Å². The van der Waals surface area contributed by atoms with Gasteiger partial charge in [0, 0.05) is 11.4 Å². The largest absolute Gasteiger partial charge is 0.320 e. The molecule has 0 bridgehead atoms. The number of fused-ring (bicyclic) bond motifs is 3. The highest BCUT2D eigenvalue weighted by Gasteiger charge is 2.23. The van der Waals surface area contributed by atoms with E-state index < -0.39 is 22.3 Å². The summed E-state index contributed by atoms with van der Waals surface area (Å²) in [5.74, 6) is -1.43. The molecule has 11 heteroatoms. The number of nitro groups is 1. The summed E-state index contributed by atoms with van der Waals surface area (Å²) in [5, 5.41) is 14.6. The van der Waals surface area contributed by atoms with Crippen LogP contribution in [-0.4, -0.2) is 26.1 Å². The number of hydrogen-bond donors (Lipinski definition) is 1. The molecule has 3 aromatic rings. The van der Waals surface area contributed by atoms with Crippen molar-refractivity contribution in [2.75, 3.05) is 11.1 Å². The van der Waals surface area contributed by atoms with E-state index in [1.54, 1.807) is 6.08 Å². The molecule has 1 aliphatic rings. The zero-order chi connectivity index (χ0) is 22.8. The molecule has 0 unspecified atom stereocenters. The number of carbonyl (C=O) groups is 1. The number of nitrogens with one attached hydrogen (secondary N) is 1. The molecule has 166 valence electrons. The minimum atomic E-state index is -0.770. The molecule has 0 aliphatic heterocycles. The number of carbonyl (C=O) groups excluding carboxylic acids is 1. The lowest BCUT2D eigenvalue weighted by molar-refractivity contribution is -0.384. The van der Waals surface area contributed by atoms with Crippen molar-refractivity contribution in [3.05, 3.63) is 67.6 Å². The number of anilines is 1. The van der Waals surface area contributed by atoms with E-state index in [0.29, 0.717) is 15.4 Å². The molecule has 0 fully saturated rings. The van der Waals surface area contributed by atoms with Gasteiger partial charge in [-0.1, -0.05) is 17.8 Å². The first-order valence-corrected chi connectivity index (χ1v) is 11.7. The number of thiophene rings is 1. The number of rotatable bonds is 7. The summed E-state index contributed by atoms with van der Waals surface area (Å²) in [6.07, 6.45) is 5.55. The van der Waals surface area contributed by atoms with Crippen LogP contribution in [0, 0.1) is 15.9 Å². The highest BCUT2D eigenvalue weighted by atomic mass is 32.2. The second-order valence-corrected chi connectivity index (χ2v) is 9.27. The summed E-state index contributed by atoms with van der Waals surface area (Å²) in [6, 6.07) is 2.92. The van der Waals surface area contributed by atoms with Crippen molar-refractivity contribution in [2.24, 2.45) is 0 Å². The van der Waals surface area contributed by atoms with Gasteiger partial charge in [-0.15, -0.1) is 17.9 Å². The zero-order valence-electron chi connectivity index (χ0n) is 16.9. The molecule has 32 heavy (non-hydrogen) atoms. The van der Waals surface area contributed by atoms with Gasteiger partial charge in [0.1, 0.15) is 16.3 Å². The molecule has 0 atom stereocenters. The molecule has 2 heterocycles. The van der Waals surface area contributed by atoms with Crippen LogP contribution in [0.4, 0.5) is 15.8 Å². The van der Waals surface area contributed by atoms with Crippen molar-refractivity contribution in [1.29, 1.82) is 0 Å². The molecule has 1 N–H and O–H groups in total. The van der Waals surface area contributed by atoms with Crippen LogP contribution < -0.4 is 10.9 Å². The number of aryl methyl sites for hydroxylation is 2. The summed E-state index contributed by atoms with van der Waals surface area (Å²) in [5.41, 5.74) is 0.311. The van der Waals surface area contributed by atoms with Gasteiger partial charge >= 0.3 is 0 Å². The molecule has 0 saturated heterocycles. The number of amides is 1. The lowest BCUT2D eigenvalue weighted by Crippen LogP contribution is -2.24. The summed E-state index contributed by atoms with van der Waals surface area (Å²) >= 11 is 2.59. The van der Waals surface area contributed by atoms with E-state index >= 15 is 0 Å². The number of hydrogen-bond acceptors (Lipinski definition) is 7. The van der Waals surface area contributed by atoms with Crippen LogP contribution in [0.5, 0.6) is 0 Å². The molecule has 0 spiro atoms. The maximum atomic E-state index is 13.3. The smallest absolute Gasteiger partial charge is 0.295 e. The molecule has 1 amide bonds. The minimum absolute atomic E-state index is 0.0974. The number of allylic oxidation sites excluding steroid dienone is 1. The Morgan fingerprint density at radius 3 is 2.94 bits per heavy atom. The second-order valence-electron chi connectivity index (χ2n) is 7.25. The van der Waals surface area contributed by atoms with E-state index in [1.165, 1.54) is 20.8 Å². The van der Waals surface area contributed by atoms with Crippen LogP contribution in [0.2, 0.25) is 0 Å². The maximum absolute atomic E-state index is 13.3. The van der Waals surface area contributed by atoms with Gasteiger partial charge in [-0.3, -0.25) is 24.3 Å². The first-order valence-electron chi connectivity index (χ1n) is 9.91. The Kier molecular flexibility index (Phi) is 6.38. The molecular formula is C21H19FN4O4S2. The Bertz CT molecular complexity index is 1300. The monoisotopic (exact) mass is 474 g/mol. The third-order valence-electron chi connectivity index (χ3n) is 5.11. The van der Waals surface area contributed by atoms with Crippen molar-refractivity contribution in [1.82, 2.24) is 9.55 Å². The predicted octanol–water partition coefficient (Wildman–Crippen LogP) is 4.30. The quantitative estimate of drug-likeness (QED) is 0.180. The van der Waals surface area contributed by atoms with Crippen LogP contribution >= 0.6 is 23.1 Å². The van der Waals surface area contributed by atoms with Crippen molar-refractivity contribution in [3.8, 4) is 0 Å². The van der Waals surface area contributed by atoms with Gasteiger partial charge in [-0.2, -0.15) is 0 Å². The first-order chi connectivity index (χ1) is 15.4. The molecule has 0 radical (unpaired) electrons. The van der Waals surface area contributed by atoms with Gasteiger partial charge in [-0.25, -0.2) is 9.37 Å². The number of aromatic nitrogens is 2. The number of halogens is 1. The number of nitro benzene ring substituents is 1. The van der Waals surface area contributed by atoms with E-state index in [9.17, 15) is 24.1 Å². The van der Waals surface area contributed by atoms with Gasteiger partial charge in [-0.05, 0) is 43.4 Å². The average Bonchev–Trinajstić information content (AvgIpc) is 3.14. The first kappa shape index (κ1) is 22.2. The fourth-order valence-electron chi connectivity index (χ4n) is 3.70. The van der Waals surface area contributed by atoms with Gasteiger partial charge in [0.15, 0.2) is 5.16 Å². The minimum Gasteiger partial charge on any atom is -0.320 e. The van der Waals surface area contributed by atoms with E-state index in [1.807, 2.05) is 0 Å². The molecular weight excluding hydrogens is 455 g/mol. The third-order valence-corrected chi connectivity index (χ3v) is 7.28. The van der Waals surface area contributed by atoms with Crippen molar-refractivity contribution in [3.63, 3.8) is 0 Å². The van der Waals surface area contributed by atoms with Crippen LogP contribution in [0.3, 0.4) is 0 Å². The maximum Gasteiger partial charge on any atom is 0.295 e. The molecule has 0 saturated carbocycles. The summed E-state index contributed by atoms with van der Waals surface area (Å²) in [6.45, 7) is 3.96. The Morgan fingerprint density at radius 2 is 2.19 bits per heavy atom. The van der Waals surface area contributed by atoms with Gasteiger partial charge in [0.05, 0.1) is 22.1 Å². The fourth-order valence-corrected chi connectivity index (χ4v) is 5.81. The molecule has 8 nitrogen and oxygen atoms in total. The summed E-state index contributed by atoms with van der Waals surface area (Å²) in [4.78, 5) is 42.5. The van der Waals surface area contributed by atoms with Crippen molar-refractivity contribution in [2.45, 2.75) is 37.4 Å². The lowest BCUT2D eigenvalue weighted by Gasteiger charge is -2.12. The third kappa shape index (κ3) is 4.30. The summed E-state index contributed by atoms with van der Waals surface area (Å²) in [7, 11) is 0. The molecule has 4 rings (SSSR count). The van der Waals surface area contributed by atoms with E-state index in [4.69, 9.17) is 0 Å². The SMILES string of the molecule is C=CCn1c(SCC(=O)Nc2ccc(F)cc2[N+](=O)[O-])nc2sc3c(c2c1=O)CCCC3.